The molecule has 2 saturated carbocycles. The largest absolute Gasteiger partial charge is 1.00 e. The van der Waals surface area contributed by atoms with Gasteiger partial charge in [0, 0.05) is 17.0 Å². The second kappa shape index (κ2) is 12.5. The van der Waals surface area contributed by atoms with Gasteiger partial charge in [0.1, 0.15) is 35.5 Å². The average molecular weight is 629 g/mol. The van der Waals surface area contributed by atoms with Gasteiger partial charge in [0.2, 0.25) is 0 Å². The predicted octanol–water partition coefficient (Wildman–Crippen LogP) is 4.96. The number of nitrogens with zero attached hydrogens (tertiary/aromatic N) is 1. The van der Waals surface area contributed by atoms with Gasteiger partial charge in [0.15, 0.2) is 11.1 Å². The normalized spacial score (nSPS) is 20.9. The number of aromatic nitrogens is 1. The van der Waals surface area contributed by atoms with Crippen molar-refractivity contribution in [3.63, 3.8) is 0 Å². The Bertz CT molecular complexity index is 1530. The molecule has 11 heteroatoms. The van der Waals surface area contributed by atoms with Crippen LogP contribution < -0.4 is 34.3 Å². The molecule has 0 spiro atoms. The standard InChI is InChI=1S/C29H24Cl3NO5S.Na.H/c30-22-7-4-8-23(31)26(22)27-20(28(37-33-27)17-9-10-17)16-36-18-11-12-21(24(32)15-18)29(34)14-13-25(29)38-39(35)19-5-2-1-3-6-19;;/h1-8,11-12,15,17,25,34H,9-10,13-14,16H2;;/q;+1;-1. The minimum atomic E-state index is -1.70. The summed E-state index contributed by atoms with van der Waals surface area (Å²) in [6, 6.07) is 19.3. The molecule has 3 unspecified atom stereocenters. The van der Waals surface area contributed by atoms with E-state index in [-0.39, 0.29) is 37.6 Å². The number of hydrogen-bond donors (Lipinski definition) is 1. The molecule has 0 aliphatic heterocycles. The van der Waals surface area contributed by atoms with Crippen molar-refractivity contribution in [1.82, 2.24) is 5.16 Å². The third-order valence-electron chi connectivity index (χ3n) is 7.22. The van der Waals surface area contributed by atoms with Crippen LogP contribution in [0.5, 0.6) is 5.75 Å². The summed E-state index contributed by atoms with van der Waals surface area (Å²) in [7, 11) is 0. The number of hydrogen-bond acceptors (Lipinski definition) is 6. The molecule has 2 aliphatic rings. The van der Waals surface area contributed by atoms with Crippen molar-refractivity contribution in [3.8, 4) is 17.0 Å². The topological polar surface area (TPSA) is 81.8 Å². The van der Waals surface area contributed by atoms with Gasteiger partial charge in [0.25, 0.3) is 0 Å². The minimum absolute atomic E-state index is 0. The molecular weight excluding hydrogens is 604 g/mol. The number of ether oxygens (including phenoxy) is 1. The van der Waals surface area contributed by atoms with Gasteiger partial charge in [-0.25, -0.2) is 4.21 Å². The third kappa shape index (κ3) is 5.91. The average Bonchev–Trinajstić information content (AvgIpc) is 3.70. The molecule has 0 amide bonds. The molecule has 204 valence electrons. The summed E-state index contributed by atoms with van der Waals surface area (Å²) in [6.45, 7) is 0.175. The molecule has 1 N–H and O–H groups in total. The quantitative estimate of drug-likeness (QED) is 0.264. The zero-order valence-electron chi connectivity index (χ0n) is 22.6. The van der Waals surface area contributed by atoms with Crippen molar-refractivity contribution in [2.24, 2.45) is 0 Å². The van der Waals surface area contributed by atoms with E-state index in [1.807, 2.05) is 6.07 Å². The fraction of sp³-hybridized carbons (Fsp3) is 0.276. The summed E-state index contributed by atoms with van der Waals surface area (Å²) in [5.41, 5.74) is 1.12. The van der Waals surface area contributed by atoms with Gasteiger partial charge in [-0.2, -0.15) is 0 Å². The van der Waals surface area contributed by atoms with Crippen LogP contribution in [0, 0.1) is 0 Å². The maximum absolute atomic E-state index is 12.7. The van der Waals surface area contributed by atoms with E-state index < -0.39 is 22.8 Å². The second-order valence-electron chi connectivity index (χ2n) is 9.77. The number of benzene rings is 3. The van der Waals surface area contributed by atoms with E-state index in [1.54, 1.807) is 60.7 Å². The molecule has 3 atom stereocenters. The third-order valence-corrected chi connectivity index (χ3v) is 9.22. The molecule has 40 heavy (non-hydrogen) atoms. The Morgan fingerprint density at radius 1 is 1.00 bits per heavy atom. The van der Waals surface area contributed by atoms with Gasteiger partial charge in [0.05, 0.1) is 25.5 Å². The molecule has 6 rings (SSSR count). The molecule has 1 aromatic heterocycles. The van der Waals surface area contributed by atoms with Gasteiger partial charge in [-0.3, -0.25) is 4.18 Å². The Labute approximate surface area is 273 Å². The molecule has 2 fully saturated rings. The van der Waals surface area contributed by atoms with Crippen molar-refractivity contribution in [1.29, 1.82) is 0 Å². The van der Waals surface area contributed by atoms with Crippen LogP contribution >= 0.6 is 34.8 Å². The van der Waals surface area contributed by atoms with Gasteiger partial charge < -0.3 is 15.8 Å². The summed E-state index contributed by atoms with van der Waals surface area (Å²) in [4.78, 5) is 0.540. The first kappa shape index (κ1) is 30.1. The number of halogens is 3. The second-order valence-corrected chi connectivity index (χ2v) is 12.1. The Hall–Kier alpha value is -1.39. The van der Waals surface area contributed by atoms with Crippen LogP contribution in [0.4, 0.5) is 0 Å². The van der Waals surface area contributed by atoms with E-state index in [9.17, 15) is 9.32 Å². The Morgan fingerprint density at radius 2 is 1.73 bits per heavy atom. The Kier molecular flexibility index (Phi) is 9.37. The molecule has 1 heterocycles. The number of rotatable bonds is 9. The molecule has 0 saturated heterocycles. The zero-order chi connectivity index (χ0) is 27.1. The first-order chi connectivity index (χ1) is 18.8. The van der Waals surface area contributed by atoms with E-state index in [2.05, 4.69) is 5.16 Å². The van der Waals surface area contributed by atoms with Crippen molar-refractivity contribution >= 4 is 45.9 Å². The van der Waals surface area contributed by atoms with Crippen molar-refractivity contribution in [3.05, 3.63) is 98.7 Å². The van der Waals surface area contributed by atoms with Crippen LogP contribution in [0.1, 0.15) is 49.9 Å². The Balaban J connectivity index is 0.00000194. The van der Waals surface area contributed by atoms with Crippen LogP contribution in [0.3, 0.4) is 0 Å². The monoisotopic (exact) mass is 627 g/mol. The van der Waals surface area contributed by atoms with Crippen molar-refractivity contribution < 1.29 is 53.7 Å². The maximum atomic E-state index is 12.7. The van der Waals surface area contributed by atoms with E-state index in [0.717, 1.165) is 24.2 Å². The number of aliphatic hydroxyl groups is 1. The molecule has 0 radical (unpaired) electrons. The van der Waals surface area contributed by atoms with Gasteiger partial charge in [-0.1, -0.05) is 70.3 Å². The maximum Gasteiger partial charge on any atom is 1.00 e. The summed E-state index contributed by atoms with van der Waals surface area (Å²) in [5.74, 6) is 1.58. The molecule has 4 aromatic rings. The van der Waals surface area contributed by atoms with Gasteiger partial charge in [-0.05, 0) is 62.1 Å². The predicted molar refractivity (Wildman–Crippen MR) is 152 cm³/mol. The Morgan fingerprint density at radius 3 is 2.35 bits per heavy atom. The van der Waals surface area contributed by atoms with E-state index in [1.165, 1.54) is 0 Å². The first-order valence-electron chi connectivity index (χ1n) is 12.6. The van der Waals surface area contributed by atoms with Crippen LogP contribution in [-0.4, -0.2) is 20.6 Å². The van der Waals surface area contributed by atoms with Crippen LogP contribution in [0.2, 0.25) is 15.1 Å². The molecule has 0 bridgehead atoms. The first-order valence-corrected chi connectivity index (χ1v) is 14.8. The van der Waals surface area contributed by atoms with E-state index in [0.29, 0.717) is 61.3 Å². The van der Waals surface area contributed by atoms with Crippen molar-refractivity contribution in [2.75, 3.05) is 0 Å². The SMILES string of the molecule is O=S(OC1CCC1(O)c1ccc(OCc2c(-c3c(Cl)cccc3Cl)noc2C2CC2)cc1Cl)c1ccccc1.[H-].[Na+]. The van der Waals surface area contributed by atoms with Crippen LogP contribution in [0.25, 0.3) is 11.3 Å². The summed E-state index contributed by atoms with van der Waals surface area (Å²) in [6.07, 6.45) is 2.40. The van der Waals surface area contributed by atoms with E-state index >= 15 is 0 Å². The van der Waals surface area contributed by atoms with Gasteiger partial charge >= 0.3 is 29.6 Å². The molecule has 2 aliphatic carbocycles. The zero-order valence-corrected chi connectivity index (χ0v) is 26.7. The summed E-state index contributed by atoms with van der Waals surface area (Å²) >= 11 is 17.8. The van der Waals surface area contributed by atoms with Crippen molar-refractivity contribution in [2.45, 2.75) is 54.8 Å². The molecule has 6 nitrogen and oxygen atoms in total. The molecular formula is C29H25Cl3NNaO5S. The summed E-state index contributed by atoms with van der Waals surface area (Å²) in [5, 5.41) is 17.0. The van der Waals surface area contributed by atoms with E-state index in [4.69, 9.17) is 48.2 Å². The fourth-order valence-electron chi connectivity index (χ4n) is 4.80. The van der Waals surface area contributed by atoms with Crippen LogP contribution in [-0.2, 0) is 27.5 Å². The smallest absolute Gasteiger partial charge is 1.00 e. The minimum Gasteiger partial charge on any atom is -1.00 e. The van der Waals surface area contributed by atoms with Crippen LogP contribution in [0.15, 0.2) is 76.1 Å². The van der Waals surface area contributed by atoms with Gasteiger partial charge in [-0.15, -0.1) is 0 Å². The summed E-state index contributed by atoms with van der Waals surface area (Å²) < 4.78 is 30.2. The fourth-order valence-corrected chi connectivity index (χ4v) is 6.67. The molecule has 3 aromatic carbocycles.